The molecule has 4 nitrogen and oxygen atoms in total. The van der Waals surface area contributed by atoms with Crippen molar-refractivity contribution >= 4 is 11.3 Å². The second-order valence-corrected chi connectivity index (χ2v) is 5.34. The Morgan fingerprint density at radius 3 is 2.61 bits per heavy atom. The Labute approximate surface area is 112 Å². The van der Waals surface area contributed by atoms with E-state index in [1.807, 2.05) is 17.1 Å². The van der Waals surface area contributed by atoms with E-state index in [0.717, 1.165) is 35.7 Å². The van der Waals surface area contributed by atoms with Crippen LogP contribution >= 0.6 is 11.3 Å². The van der Waals surface area contributed by atoms with Crippen molar-refractivity contribution in [2.45, 2.75) is 45.7 Å². The Kier molecular flexibility index (Phi) is 3.82. The summed E-state index contributed by atoms with van der Waals surface area (Å²) in [6, 6.07) is 0. The molecular formula is C13H20N4S. The van der Waals surface area contributed by atoms with Gasteiger partial charge in [0.15, 0.2) is 0 Å². The summed E-state index contributed by atoms with van der Waals surface area (Å²) < 4.78 is 1.91. The van der Waals surface area contributed by atoms with Gasteiger partial charge in [0.1, 0.15) is 5.01 Å². The largest absolute Gasteiger partial charge is 0.319 e. The topological polar surface area (TPSA) is 56.7 Å². The van der Waals surface area contributed by atoms with Gasteiger partial charge in [-0.05, 0) is 19.8 Å². The SMILES string of the molecule is CCn1cc(-c2csc(C(N)(CC)CC)n2)cn1. The highest BCUT2D eigenvalue weighted by molar-refractivity contribution is 7.10. The molecule has 5 heteroatoms. The highest BCUT2D eigenvalue weighted by Gasteiger charge is 2.26. The van der Waals surface area contributed by atoms with Crippen LogP contribution in [0.15, 0.2) is 17.8 Å². The lowest BCUT2D eigenvalue weighted by Gasteiger charge is -2.23. The van der Waals surface area contributed by atoms with Gasteiger partial charge in [0, 0.05) is 23.7 Å². The molecule has 2 rings (SSSR count). The van der Waals surface area contributed by atoms with Crippen LogP contribution in [0, 0.1) is 0 Å². The normalized spacial score (nSPS) is 12.0. The first kappa shape index (κ1) is 13.2. The van der Waals surface area contributed by atoms with Gasteiger partial charge in [-0.1, -0.05) is 13.8 Å². The minimum Gasteiger partial charge on any atom is -0.319 e. The average molecular weight is 264 g/mol. The van der Waals surface area contributed by atoms with Crippen LogP contribution in [0.1, 0.15) is 38.6 Å². The van der Waals surface area contributed by atoms with E-state index in [4.69, 9.17) is 5.73 Å². The summed E-state index contributed by atoms with van der Waals surface area (Å²) in [7, 11) is 0. The van der Waals surface area contributed by atoms with Crippen LogP contribution in [0.25, 0.3) is 11.3 Å². The minimum absolute atomic E-state index is 0.288. The lowest BCUT2D eigenvalue weighted by atomic mass is 9.95. The Morgan fingerprint density at radius 1 is 1.33 bits per heavy atom. The van der Waals surface area contributed by atoms with Crippen molar-refractivity contribution in [3.63, 3.8) is 0 Å². The van der Waals surface area contributed by atoms with Gasteiger partial charge in [0.25, 0.3) is 0 Å². The molecule has 98 valence electrons. The van der Waals surface area contributed by atoms with Gasteiger partial charge in [-0.3, -0.25) is 4.68 Å². The Balaban J connectivity index is 2.30. The van der Waals surface area contributed by atoms with E-state index in [1.165, 1.54) is 0 Å². The van der Waals surface area contributed by atoms with Crippen LogP contribution in [0.5, 0.6) is 0 Å². The molecule has 2 N–H and O–H groups in total. The zero-order valence-corrected chi connectivity index (χ0v) is 12.0. The third kappa shape index (κ3) is 2.33. The predicted molar refractivity (Wildman–Crippen MR) is 75.5 cm³/mol. The predicted octanol–water partition coefficient (Wildman–Crippen LogP) is 3.00. The maximum atomic E-state index is 6.37. The van der Waals surface area contributed by atoms with Gasteiger partial charge in [-0.25, -0.2) is 4.98 Å². The Hall–Kier alpha value is -1.20. The molecule has 0 amide bonds. The average Bonchev–Trinajstić information content (AvgIpc) is 3.05. The summed E-state index contributed by atoms with van der Waals surface area (Å²) in [4.78, 5) is 4.68. The summed E-state index contributed by atoms with van der Waals surface area (Å²) >= 11 is 1.64. The smallest absolute Gasteiger partial charge is 0.113 e. The first-order valence-corrected chi connectivity index (χ1v) is 7.28. The molecule has 0 fully saturated rings. The van der Waals surface area contributed by atoms with E-state index in [1.54, 1.807) is 11.3 Å². The molecule has 0 atom stereocenters. The third-order valence-corrected chi connectivity index (χ3v) is 4.51. The number of thiazole rings is 1. The van der Waals surface area contributed by atoms with Crippen LogP contribution in [0.3, 0.4) is 0 Å². The first-order chi connectivity index (χ1) is 8.62. The molecule has 0 spiro atoms. The quantitative estimate of drug-likeness (QED) is 0.903. The van der Waals surface area contributed by atoms with E-state index in [9.17, 15) is 0 Å². The lowest BCUT2D eigenvalue weighted by molar-refractivity contribution is 0.411. The van der Waals surface area contributed by atoms with Crippen molar-refractivity contribution in [1.29, 1.82) is 0 Å². The van der Waals surface area contributed by atoms with Crippen LogP contribution < -0.4 is 5.73 Å². The van der Waals surface area contributed by atoms with Gasteiger partial charge in [0.05, 0.1) is 17.4 Å². The summed E-state index contributed by atoms with van der Waals surface area (Å²) in [6.45, 7) is 7.17. The number of aromatic nitrogens is 3. The number of nitrogens with zero attached hydrogens (tertiary/aromatic N) is 3. The zero-order chi connectivity index (χ0) is 13.2. The van der Waals surface area contributed by atoms with E-state index in [0.29, 0.717) is 0 Å². The molecule has 18 heavy (non-hydrogen) atoms. The van der Waals surface area contributed by atoms with Gasteiger partial charge in [-0.15, -0.1) is 11.3 Å². The zero-order valence-electron chi connectivity index (χ0n) is 11.2. The molecule has 2 aromatic rings. The van der Waals surface area contributed by atoms with Crippen LogP contribution in [-0.4, -0.2) is 14.8 Å². The molecule has 0 aliphatic heterocycles. The van der Waals surface area contributed by atoms with E-state index < -0.39 is 0 Å². The lowest BCUT2D eigenvalue weighted by Crippen LogP contribution is -2.34. The third-order valence-electron chi connectivity index (χ3n) is 3.44. The number of hydrogen-bond donors (Lipinski definition) is 1. The van der Waals surface area contributed by atoms with Gasteiger partial charge in [0.2, 0.25) is 0 Å². The molecule has 0 saturated heterocycles. The maximum Gasteiger partial charge on any atom is 0.113 e. The molecule has 0 radical (unpaired) electrons. The summed E-state index contributed by atoms with van der Waals surface area (Å²) in [5.74, 6) is 0. The minimum atomic E-state index is -0.288. The van der Waals surface area contributed by atoms with Crippen LogP contribution in [0.4, 0.5) is 0 Å². The van der Waals surface area contributed by atoms with Crippen molar-refractivity contribution in [1.82, 2.24) is 14.8 Å². The van der Waals surface area contributed by atoms with Crippen LogP contribution in [0.2, 0.25) is 0 Å². The molecule has 2 aromatic heterocycles. The van der Waals surface area contributed by atoms with E-state index in [2.05, 4.69) is 36.2 Å². The van der Waals surface area contributed by atoms with Crippen LogP contribution in [-0.2, 0) is 12.1 Å². The molecular weight excluding hydrogens is 244 g/mol. The van der Waals surface area contributed by atoms with E-state index >= 15 is 0 Å². The number of rotatable bonds is 5. The second-order valence-electron chi connectivity index (χ2n) is 4.49. The Bertz CT molecular complexity index is 511. The molecule has 0 aliphatic rings. The Morgan fingerprint density at radius 2 is 2.06 bits per heavy atom. The maximum absolute atomic E-state index is 6.37. The van der Waals surface area contributed by atoms with Gasteiger partial charge in [-0.2, -0.15) is 5.10 Å². The number of nitrogens with two attached hydrogens (primary N) is 1. The summed E-state index contributed by atoms with van der Waals surface area (Å²) in [6.07, 6.45) is 5.70. The molecule has 0 aromatic carbocycles. The van der Waals surface area contributed by atoms with Crippen molar-refractivity contribution in [2.24, 2.45) is 5.73 Å². The monoisotopic (exact) mass is 264 g/mol. The highest BCUT2D eigenvalue weighted by atomic mass is 32.1. The van der Waals surface area contributed by atoms with Gasteiger partial charge < -0.3 is 5.73 Å². The van der Waals surface area contributed by atoms with Crippen molar-refractivity contribution < 1.29 is 0 Å². The fourth-order valence-electron chi connectivity index (χ4n) is 1.86. The van der Waals surface area contributed by atoms with E-state index in [-0.39, 0.29) is 5.54 Å². The second kappa shape index (κ2) is 5.20. The van der Waals surface area contributed by atoms with Crippen molar-refractivity contribution in [2.75, 3.05) is 0 Å². The van der Waals surface area contributed by atoms with Gasteiger partial charge >= 0.3 is 0 Å². The molecule has 2 heterocycles. The number of aryl methyl sites for hydroxylation is 1. The van der Waals surface area contributed by atoms with Crippen molar-refractivity contribution in [3.05, 3.63) is 22.8 Å². The molecule has 0 bridgehead atoms. The highest BCUT2D eigenvalue weighted by Crippen LogP contribution is 2.31. The molecule has 0 saturated carbocycles. The number of hydrogen-bond acceptors (Lipinski definition) is 4. The fraction of sp³-hybridized carbons (Fsp3) is 0.538. The van der Waals surface area contributed by atoms with Crippen molar-refractivity contribution in [3.8, 4) is 11.3 Å². The fourth-order valence-corrected chi connectivity index (χ4v) is 2.94. The summed E-state index contributed by atoms with van der Waals surface area (Å²) in [5.41, 5.74) is 8.12. The standard InChI is InChI=1S/C13H20N4S/c1-4-13(14,5-2)12-16-11(9-18-12)10-7-15-17(6-3)8-10/h7-9H,4-6,14H2,1-3H3. The molecule has 0 aliphatic carbocycles. The molecule has 0 unspecified atom stereocenters. The first-order valence-electron chi connectivity index (χ1n) is 6.40. The summed E-state index contributed by atoms with van der Waals surface area (Å²) in [5, 5.41) is 7.36.